The zero-order valence-electron chi connectivity index (χ0n) is 15.6. The van der Waals surface area contributed by atoms with Crippen molar-refractivity contribution in [2.24, 2.45) is 11.8 Å². The summed E-state index contributed by atoms with van der Waals surface area (Å²) in [5.74, 6) is 0.962. The number of nitrogens with zero attached hydrogens (tertiary/aromatic N) is 4. The number of aromatic nitrogens is 1. The van der Waals surface area contributed by atoms with Crippen LogP contribution in [0.5, 0.6) is 0 Å². The second kappa shape index (κ2) is 8.15. The van der Waals surface area contributed by atoms with Gasteiger partial charge in [0.25, 0.3) is 0 Å². The number of fused-ring (bicyclic) bond motifs is 1. The topological polar surface area (TPSA) is 56.8 Å². The molecule has 27 heavy (non-hydrogen) atoms. The highest BCUT2D eigenvalue weighted by atomic mass is 35.5. The quantitative estimate of drug-likeness (QED) is 0.723. The molecule has 4 rings (SSSR count). The van der Waals surface area contributed by atoms with Gasteiger partial charge in [0, 0.05) is 38.9 Å². The predicted octanol–water partition coefficient (Wildman–Crippen LogP) is 2.42. The minimum atomic E-state index is -0.0297. The maximum Gasteiger partial charge on any atom is 0.233 e. The molecule has 2 aliphatic heterocycles. The van der Waals surface area contributed by atoms with Crippen LogP contribution < -0.4 is 4.90 Å². The van der Waals surface area contributed by atoms with Gasteiger partial charge in [-0.1, -0.05) is 24.4 Å². The van der Waals surface area contributed by atoms with Gasteiger partial charge in [0.2, 0.25) is 11.8 Å². The Morgan fingerprint density at radius 2 is 1.67 bits per heavy atom. The third-order valence-corrected chi connectivity index (χ3v) is 6.49. The van der Waals surface area contributed by atoms with E-state index in [4.69, 9.17) is 11.6 Å². The first-order valence-electron chi connectivity index (χ1n) is 10.1. The van der Waals surface area contributed by atoms with Crippen molar-refractivity contribution in [3.63, 3.8) is 0 Å². The van der Waals surface area contributed by atoms with Crippen LogP contribution in [0.2, 0.25) is 5.02 Å². The van der Waals surface area contributed by atoms with Crippen LogP contribution in [0.3, 0.4) is 0 Å². The fourth-order valence-electron chi connectivity index (χ4n) is 4.70. The second-order valence-electron chi connectivity index (χ2n) is 7.82. The van der Waals surface area contributed by atoms with Crippen molar-refractivity contribution >= 4 is 29.2 Å². The molecule has 2 atom stereocenters. The SMILES string of the molecule is O=C1C2CCCCC2C(=O)N1CCCN1CCN(c2ncccc2Cl)CC1. The van der Waals surface area contributed by atoms with Gasteiger partial charge in [0.15, 0.2) is 0 Å². The van der Waals surface area contributed by atoms with Crippen molar-refractivity contribution in [2.45, 2.75) is 32.1 Å². The monoisotopic (exact) mass is 390 g/mol. The van der Waals surface area contributed by atoms with E-state index in [0.29, 0.717) is 11.6 Å². The van der Waals surface area contributed by atoms with Crippen molar-refractivity contribution < 1.29 is 9.59 Å². The molecule has 1 aliphatic carbocycles. The largest absolute Gasteiger partial charge is 0.353 e. The first kappa shape index (κ1) is 18.7. The molecule has 1 aromatic rings. The maximum absolute atomic E-state index is 12.5. The minimum absolute atomic E-state index is 0.0297. The van der Waals surface area contributed by atoms with Gasteiger partial charge in [-0.25, -0.2) is 4.98 Å². The Balaban J connectivity index is 1.23. The van der Waals surface area contributed by atoms with E-state index in [0.717, 1.165) is 70.6 Å². The zero-order chi connectivity index (χ0) is 18.8. The molecule has 0 radical (unpaired) electrons. The summed E-state index contributed by atoms with van der Waals surface area (Å²) in [6.07, 6.45) is 6.57. The highest BCUT2D eigenvalue weighted by molar-refractivity contribution is 6.32. The van der Waals surface area contributed by atoms with Crippen LogP contribution in [0, 0.1) is 11.8 Å². The standard InChI is InChI=1S/C20H27ClN4O2/c21-17-7-3-8-22-18(17)24-13-11-23(12-14-24)9-4-10-25-19(26)15-5-1-2-6-16(15)20(25)27/h3,7-8,15-16H,1-2,4-6,9-14H2. The molecule has 7 heteroatoms. The summed E-state index contributed by atoms with van der Waals surface area (Å²) < 4.78 is 0. The molecule has 1 saturated carbocycles. The lowest BCUT2D eigenvalue weighted by Crippen LogP contribution is -2.47. The average molecular weight is 391 g/mol. The van der Waals surface area contributed by atoms with Crippen LogP contribution in [0.4, 0.5) is 5.82 Å². The number of rotatable bonds is 5. The number of pyridine rings is 1. The van der Waals surface area contributed by atoms with Crippen LogP contribution >= 0.6 is 11.6 Å². The third-order valence-electron chi connectivity index (χ3n) is 6.20. The van der Waals surface area contributed by atoms with E-state index in [1.807, 2.05) is 12.1 Å². The zero-order valence-corrected chi connectivity index (χ0v) is 16.4. The third kappa shape index (κ3) is 3.83. The lowest BCUT2D eigenvalue weighted by atomic mass is 9.81. The molecule has 0 aromatic carbocycles. The highest BCUT2D eigenvalue weighted by Crippen LogP contribution is 2.38. The lowest BCUT2D eigenvalue weighted by Gasteiger charge is -2.35. The van der Waals surface area contributed by atoms with Gasteiger partial charge in [0.05, 0.1) is 16.9 Å². The molecule has 0 N–H and O–H groups in total. The Bertz CT molecular complexity index is 681. The van der Waals surface area contributed by atoms with Crippen molar-refractivity contribution in [2.75, 3.05) is 44.2 Å². The Hall–Kier alpha value is -1.66. The summed E-state index contributed by atoms with van der Waals surface area (Å²) in [7, 11) is 0. The van der Waals surface area contributed by atoms with Gasteiger partial charge < -0.3 is 4.90 Å². The first-order valence-corrected chi connectivity index (χ1v) is 10.5. The summed E-state index contributed by atoms with van der Waals surface area (Å²) in [6.45, 7) is 5.15. The molecule has 146 valence electrons. The summed E-state index contributed by atoms with van der Waals surface area (Å²) in [4.78, 5) is 35.6. The number of likely N-dealkylation sites (tertiary alicyclic amines) is 1. The Morgan fingerprint density at radius 3 is 2.30 bits per heavy atom. The Labute approximate surface area is 165 Å². The number of piperazine rings is 1. The minimum Gasteiger partial charge on any atom is -0.353 e. The molecule has 0 spiro atoms. The van der Waals surface area contributed by atoms with Gasteiger partial charge in [-0.05, 0) is 37.9 Å². The summed E-state index contributed by atoms with van der Waals surface area (Å²) in [5.41, 5.74) is 0. The van der Waals surface area contributed by atoms with Crippen LogP contribution in [0.15, 0.2) is 18.3 Å². The van der Waals surface area contributed by atoms with E-state index < -0.39 is 0 Å². The first-order chi connectivity index (χ1) is 13.1. The molecular weight excluding hydrogens is 364 g/mol. The van der Waals surface area contributed by atoms with E-state index in [1.54, 1.807) is 11.1 Å². The molecule has 2 unspecified atom stereocenters. The number of imide groups is 1. The molecule has 6 nitrogen and oxygen atoms in total. The molecule has 3 aliphatic rings. The number of hydrogen-bond acceptors (Lipinski definition) is 5. The number of carbonyl (C=O) groups is 2. The number of amides is 2. The Kier molecular flexibility index (Phi) is 5.64. The molecule has 0 bridgehead atoms. The smallest absolute Gasteiger partial charge is 0.233 e. The normalized spacial score (nSPS) is 26.6. The van der Waals surface area contributed by atoms with E-state index in [-0.39, 0.29) is 23.7 Å². The molecule has 2 amide bonds. The summed E-state index contributed by atoms with van der Waals surface area (Å²) >= 11 is 6.24. The van der Waals surface area contributed by atoms with Crippen molar-refractivity contribution in [1.82, 2.24) is 14.8 Å². The fraction of sp³-hybridized carbons (Fsp3) is 0.650. The predicted molar refractivity (Wildman–Crippen MR) is 105 cm³/mol. The van der Waals surface area contributed by atoms with Crippen molar-refractivity contribution in [1.29, 1.82) is 0 Å². The van der Waals surface area contributed by atoms with Gasteiger partial charge in [-0.2, -0.15) is 0 Å². The molecule has 1 aromatic heterocycles. The van der Waals surface area contributed by atoms with Crippen LogP contribution in [0.25, 0.3) is 0 Å². The second-order valence-corrected chi connectivity index (χ2v) is 8.22. The molecular formula is C20H27ClN4O2. The van der Waals surface area contributed by atoms with Gasteiger partial charge in [0.1, 0.15) is 5.82 Å². The summed E-state index contributed by atoms with van der Waals surface area (Å²) in [6, 6.07) is 3.72. The number of halogens is 1. The highest BCUT2D eigenvalue weighted by Gasteiger charge is 2.47. The van der Waals surface area contributed by atoms with E-state index in [1.165, 1.54) is 0 Å². The van der Waals surface area contributed by atoms with Gasteiger partial charge >= 0.3 is 0 Å². The van der Waals surface area contributed by atoms with Crippen LogP contribution in [0.1, 0.15) is 32.1 Å². The van der Waals surface area contributed by atoms with E-state index >= 15 is 0 Å². The molecule has 3 fully saturated rings. The number of anilines is 1. The maximum atomic E-state index is 12.5. The number of hydrogen-bond donors (Lipinski definition) is 0. The number of carbonyl (C=O) groups excluding carboxylic acids is 2. The van der Waals surface area contributed by atoms with Crippen LogP contribution in [-0.2, 0) is 9.59 Å². The lowest BCUT2D eigenvalue weighted by molar-refractivity contribution is -0.140. The average Bonchev–Trinajstić information content (AvgIpc) is 2.94. The van der Waals surface area contributed by atoms with Crippen LogP contribution in [-0.4, -0.2) is 65.9 Å². The van der Waals surface area contributed by atoms with E-state index in [9.17, 15) is 9.59 Å². The van der Waals surface area contributed by atoms with E-state index in [2.05, 4.69) is 14.8 Å². The fourth-order valence-corrected chi connectivity index (χ4v) is 4.94. The van der Waals surface area contributed by atoms with Crippen molar-refractivity contribution in [3.05, 3.63) is 23.4 Å². The van der Waals surface area contributed by atoms with Gasteiger partial charge in [-0.15, -0.1) is 0 Å². The van der Waals surface area contributed by atoms with Crippen molar-refractivity contribution in [3.8, 4) is 0 Å². The molecule has 3 heterocycles. The Morgan fingerprint density at radius 1 is 1.00 bits per heavy atom. The summed E-state index contributed by atoms with van der Waals surface area (Å²) in [5, 5.41) is 0.693. The van der Waals surface area contributed by atoms with Gasteiger partial charge in [-0.3, -0.25) is 19.4 Å². The molecule has 2 saturated heterocycles.